The minimum absolute atomic E-state index is 0.156. The van der Waals surface area contributed by atoms with E-state index in [-0.39, 0.29) is 18.2 Å². The summed E-state index contributed by atoms with van der Waals surface area (Å²) in [6.45, 7) is 3.36. The average molecular weight is 428 g/mol. The molecule has 1 aliphatic rings. The molecule has 0 saturated carbocycles. The van der Waals surface area contributed by atoms with Crippen molar-refractivity contribution in [3.05, 3.63) is 33.3 Å². The van der Waals surface area contributed by atoms with Crippen LogP contribution in [0, 0.1) is 11.3 Å². The fourth-order valence-corrected chi connectivity index (χ4v) is 3.62. The predicted octanol–water partition coefficient (Wildman–Crippen LogP) is 5.42. The fraction of sp³-hybridized carbons (Fsp3) is 0.619. The second kappa shape index (κ2) is 12.3. The maximum absolute atomic E-state index is 11.5. The Kier molecular flexibility index (Phi) is 10.1. The molecule has 154 valence electrons. The molecule has 1 heterocycles. The summed E-state index contributed by atoms with van der Waals surface area (Å²) in [4.78, 5) is 11.5. The first kappa shape index (κ1) is 23.0. The SMILES string of the molecule is CCOC(=O)CCCC(C#N)c1cc(Cl)c(Cl)cc1CCOC1CCCCO1. The van der Waals surface area contributed by atoms with E-state index in [1.807, 2.05) is 0 Å². The second-order valence-corrected chi connectivity index (χ2v) is 7.58. The summed E-state index contributed by atoms with van der Waals surface area (Å²) in [6, 6.07) is 5.90. The van der Waals surface area contributed by atoms with Crippen LogP contribution in [-0.2, 0) is 25.4 Å². The van der Waals surface area contributed by atoms with Gasteiger partial charge in [0.1, 0.15) is 0 Å². The zero-order valence-electron chi connectivity index (χ0n) is 16.2. The molecule has 0 aliphatic carbocycles. The first-order valence-electron chi connectivity index (χ1n) is 9.81. The molecule has 2 rings (SSSR count). The van der Waals surface area contributed by atoms with Crippen LogP contribution < -0.4 is 0 Å². The van der Waals surface area contributed by atoms with Crippen molar-refractivity contribution in [3.8, 4) is 6.07 Å². The van der Waals surface area contributed by atoms with Gasteiger partial charge in [0, 0.05) is 13.0 Å². The van der Waals surface area contributed by atoms with Crippen LogP contribution in [0.3, 0.4) is 0 Å². The minimum atomic E-state index is -0.370. The standard InChI is InChI=1S/C21H27Cl2NO4/c1-2-26-20(25)7-5-6-16(14-24)17-13-19(23)18(22)12-15(17)9-11-28-21-8-3-4-10-27-21/h12-13,16,21H,2-11H2,1H3. The Morgan fingerprint density at radius 2 is 2.14 bits per heavy atom. The van der Waals surface area contributed by atoms with Gasteiger partial charge in [0.25, 0.3) is 0 Å². The Labute approximate surface area is 176 Å². The van der Waals surface area contributed by atoms with Crippen molar-refractivity contribution in [1.82, 2.24) is 0 Å². The Morgan fingerprint density at radius 3 is 2.82 bits per heavy atom. The highest BCUT2D eigenvalue weighted by atomic mass is 35.5. The number of nitriles is 1. The van der Waals surface area contributed by atoms with Gasteiger partial charge in [0.2, 0.25) is 0 Å². The first-order chi connectivity index (χ1) is 13.5. The van der Waals surface area contributed by atoms with E-state index >= 15 is 0 Å². The number of benzene rings is 1. The lowest BCUT2D eigenvalue weighted by Crippen LogP contribution is -2.23. The monoisotopic (exact) mass is 427 g/mol. The molecule has 0 spiro atoms. The molecule has 0 bridgehead atoms. The first-order valence-corrected chi connectivity index (χ1v) is 10.6. The Hall–Kier alpha value is -1.32. The van der Waals surface area contributed by atoms with Crippen LogP contribution in [-0.4, -0.2) is 32.1 Å². The molecule has 0 amide bonds. The molecule has 0 N–H and O–H groups in total. The third-order valence-corrected chi connectivity index (χ3v) is 5.43. The van der Waals surface area contributed by atoms with Crippen LogP contribution in [0.2, 0.25) is 10.0 Å². The van der Waals surface area contributed by atoms with Crippen LogP contribution in [0.1, 0.15) is 62.5 Å². The Morgan fingerprint density at radius 1 is 1.36 bits per heavy atom. The molecule has 2 atom stereocenters. The largest absolute Gasteiger partial charge is 0.466 e. The highest BCUT2D eigenvalue weighted by Gasteiger charge is 2.19. The fourth-order valence-electron chi connectivity index (χ4n) is 3.26. The summed E-state index contributed by atoms with van der Waals surface area (Å²) in [5.74, 6) is -0.612. The molecule has 1 fully saturated rings. The zero-order chi connectivity index (χ0) is 20.4. The number of hydrogen-bond donors (Lipinski definition) is 0. The highest BCUT2D eigenvalue weighted by molar-refractivity contribution is 6.42. The summed E-state index contributed by atoms with van der Waals surface area (Å²) in [7, 11) is 0. The lowest BCUT2D eigenvalue weighted by Gasteiger charge is -2.23. The van der Waals surface area contributed by atoms with Gasteiger partial charge in [-0.2, -0.15) is 5.26 Å². The quantitative estimate of drug-likeness (QED) is 0.466. The molecular formula is C21H27Cl2NO4. The molecule has 1 aliphatic heterocycles. The normalized spacial score (nSPS) is 17.7. The molecule has 1 aromatic carbocycles. The number of ether oxygens (including phenoxy) is 3. The van der Waals surface area contributed by atoms with Gasteiger partial charge in [0.05, 0.1) is 35.2 Å². The predicted molar refractivity (Wildman–Crippen MR) is 109 cm³/mol. The second-order valence-electron chi connectivity index (χ2n) is 6.76. The van der Waals surface area contributed by atoms with Crippen molar-refractivity contribution >= 4 is 29.2 Å². The van der Waals surface area contributed by atoms with E-state index in [0.29, 0.717) is 48.9 Å². The summed E-state index contributed by atoms with van der Waals surface area (Å²) >= 11 is 12.4. The van der Waals surface area contributed by atoms with Gasteiger partial charge >= 0.3 is 5.97 Å². The Balaban J connectivity index is 2.00. The van der Waals surface area contributed by atoms with Crippen molar-refractivity contribution < 1.29 is 19.0 Å². The number of nitrogens with zero attached hydrogens (tertiary/aromatic N) is 1. The van der Waals surface area contributed by atoms with E-state index in [4.69, 9.17) is 37.4 Å². The van der Waals surface area contributed by atoms with Crippen LogP contribution >= 0.6 is 23.2 Å². The number of rotatable bonds is 10. The van der Waals surface area contributed by atoms with Crippen molar-refractivity contribution in [2.24, 2.45) is 0 Å². The van der Waals surface area contributed by atoms with Gasteiger partial charge in [-0.3, -0.25) is 4.79 Å². The third kappa shape index (κ3) is 7.25. The van der Waals surface area contributed by atoms with Gasteiger partial charge in [-0.25, -0.2) is 0 Å². The molecule has 2 unspecified atom stereocenters. The molecular weight excluding hydrogens is 401 g/mol. The highest BCUT2D eigenvalue weighted by Crippen LogP contribution is 2.33. The van der Waals surface area contributed by atoms with E-state index in [1.165, 1.54) is 0 Å². The molecule has 7 heteroatoms. The van der Waals surface area contributed by atoms with Crippen LogP contribution in [0.25, 0.3) is 0 Å². The van der Waals surface area contributed by atoms with Gasteiger partial charge in [-0.1, -0.05) is 23.2 Å². The smallest absolute Gasteiger partial charge is 0.305 e. The van der Waals surface area contributed by atoms with E-state index < -0.39 is 0 Å². The van der Waals surface area contributed by atoms with Crippen LogP contribution in [0.4, 0.5) is 0 Å². The maximum atomic E-state index is 11.5. The van der Waals surface area contributed by atoms with Gasteiger partial charge in [-0.15, -0.1) is 0 Å². The van der Waals surface area contributed by atoms with Gasteiger partial charge in [-0.05, 0) is 68.7 Å². The van der Waals surface area contributed by atoms with E-state index in [2.05, 4.69) is 6.07 Å². The number of esters is 1. The van der Waals surface area contributed by atoms with Crippen molar-refractivity contribution in [2.45, 2.75) is 64.1 Å². The Bertz CT molecular complexity index is 684. The van der Waals surface area contributed by atoms with Crippen molar-refractivity contribution in [3.63, 3.8) is 0 Å². The molecule has 1 aromatic rings. The van der Waals surface area contributed by atoms with Crippen LogP contribution in [0.15, 0.2) is 12.1 Å². The summed E-state index contributed by atoms with van der Waals surface area (Å²) < 4.78 is 16.4. The topological polar surface area (TPSA) is 68.6 Å². The lowest BCUT2D eigenvalue weighted by atomic mass is 9.90. The van der Waals surface area contributed by atoms with E-state index in [1.54, 1.807) is 19.1 Å². The van der Waals surface area contributed by atoms with E-state index in [0.717, 1.165) is 37.0 Å². The molecule has 1 saturated heterocycles. The number of hydrogen-bond acceptors (Lipinski definition) is 5. The van der Waals surface area contributed by atoms with E-state index in [9.17, 15) is 10.1 Å². The summed E-state index contributed by atoms with van der Waals surface area (Å²) in [5, 5.41) is 10.5. The molecule has 0 aromatic heterocycles. The molecule has 5 nitrogen and oxygen atoms in total. The van der Waals surface area contributed by atoms with Gasteiger partial charge in [0.15, 0.2) is 6.29 Å². The third-order valence-electron chi connectivity index (χ3n) is 4.71. The summed E-state index contributed by atoms with van der Waals surface area (Å²) in [6.07, 6.45) is 4.97. The maximum Gasteiger partial charge on any atom is 0.305 e. The number of halogens is 2. The lowest BCUT2D eigenvalue weighted by molar-refractivity contribution is -0.161. The van der Waals surface area contributed by atoms with Crippen molar-refractivity contribution in [2.75, 3.05) is 19.8 Å². The zero-order valence-corrected chi connectivity index (χ0v) is 17.7. The molecule has 28 heavy (non-hydrogen) atoms. The van der Waals surface area contributed by atoms with Crippen LogP contribution in [0.5, 0.6) is 0 Å². The summed E-state index contributed by atoms with van der Waals surface area (Å²) in [5.41, 5.74) is 1.78. The van der Waals surface area contributed by atoms with Gasteiger partial charge < -0.3 is 14.2 Å². The minimum Gasteiger partial charge on any atom is -0.466 e. The average Bonchev–Trinajstić information content (AvgIpc) is 2.69. The number of carbonyl (C=O) groups is 1. The van der Waals surface area contributed by atoms with Crippen molar-refractivity contribution in [1.29, 1.82) is 5.26 Å². The number of carbonyl (C=O) groups excluding carboxylic acids is 1. The molecule has 0 radical (unpaired) electrons.